The third-order valence-corrected chi connectivity index (χ3v) is 7.67. The predicted molar refractivity (Wildman–Crippen MR) is 155 cm³/mol. The monoisotopic (exact) mass is 464 g/mol. The van der Waals surface area contributed by atoms with E-state index in [1.165, 1.54) is 152 Å². The molecule has 0 nitrogen and oxygen atoms in total. The summed E-state index contributed by atoms with van der Waals surface area (Å²) in [4.78, 5) is 0. The lowest BCUT2D eigenvalue weighted by Crippen LogP contribution is -1.97. The fourth-order valence-electron chi connectivity index (χ4n) is 5.41. The highest BCUT2D eigenvalue weighted by molar-refractivity contribution is 5.84. The van der Waals surface area contributed by atoms with Crippen LogP contribution in [0.1, 0.15) is 153 Å². The molecule has 34 heavy (non-hydrogen) atoms. The molecule has 0 amide bonds. The molecule has 0 saturated heterocycles. The number of rotatable bonds is 22. The van der Waals surface area contributed by atoms with E-state index in [9.17, 15) is 0 Å². The second kappa shape index (κ2) is 19.9. The minimum Gasteiger partial charge on any atom is -0.0654 e. The Balaban J connectivity index is 1.67. The van der Waals surface area contributed by atoms with Crippen LogP contribution in [0.15, 0.2) is 36.4 Å². The molecule has 0 atom stereocenters. The van der Waals surface area contributed by atoms with Gasteiger partial charge in [0.05, 0.1) is 0 Å². The summed E-state index contributed by atoms with van der Waals surface area (Å²) < 4.78 is 0. The van der Waals surface area contributed by atoms with Crippen LogP contribution in [0.3, 0.4) is 0 Å². The molecule has 0 heteroatoms. The standard InChI is InChI=1S/C34H56/c1-3-5-7-9-11-13-15-17-19-21-25-31-29-33-27-23-24-28-34(33)30-32(31)26-22-20-18-16-14-12-10-8-6-4-2/h23-24,27-30H,3-22,25-26H2,1-2H3. The Morgan fingerprint density at radius 3 is 1.00 bits per heavy atom. The Bertz CT molecular complexity index is 665. The van der Waals surface area contributed by atoms with Crippen LogP contribution in [-0.4, -0.2) is 0 Å². The maximum Gasteiger partial charge on any atom is -0.0181 e. The third kappa shape index (κ3) is 13.0. The van der Waals surface area contributed by atoms with Gasteiger partial charge < -0.3 is 0 Å². The zero-order valence-corrected chi connectivity index (χ0v) is 23.0. The minimum atomic E-state index is 1.27. The van der Waals surface area contributed by atoms with Gasteiger partial charge in [-0.15, -0.1) is 0 Å². The molecule has 0 aliphatic rings. The topological polar surface area (TPSA) is 0 Å². The average Bonchev–Trinajstić information content (AvgIpc) is 2.86. The highest BCUT2D eigenvalue weighted by Gasteiger charge is 2.06. The first-order chi connectivity index (χ1) is 16.8. The first-order valence-electron chi connectivity index (χ1n) is 15.4. The fourth-order valence-corrected chi connectivity index (χ4v) is 5.41. The lowest BCUT2D eigenvalue weighted by atomic mass is 9.93. The summed E-state index contributed by atoms with van der Waals surface area (Å²) in [6.45, 7) is 4.61. The van der Waals surface area contributed by atoms with Crippen molar-refractivity contribution in [3.8, 4) is 0 Å². The molecule has 0 N–H and O–H groups in total. The van der Waals surface area contributed by atoms with Gasteiger partial charge in [-0.3, -0.25) is 0 Å². The van der Waals surface area contributed by atoms with E-state index >= 15 is 0 Å². The van der Waals surface area contributed by atoms with Crippen LogP contribution in [-0.2, 0) is 12.8 Å². The molecule has 0 aromatic heterocycles. The summed E-state index contributed by atoms with van der Waals surface area (Å²) >= 11 is 0. The van der Waals surface area contributed by atoms with Gasteiger partial charge in [0, 0.05) is 0 Å². The SMILES string of the molecule is CCCCCCCCCCCCc1cc2ccccc2cc1CCCCCCCCCCCC. The predicted octanol–water partition coefficient (Wildman–Crippen LogP) is 11.8. The molecule has 2 aromatic carbocycles. The van der Waals surface area contributed by atoms with Crippen molar-refractivity contribution in [2.24, 2.45) is 0 Å². The molecule has 0 aliphatic heterocycles. The first-order valence-corrected chi connectivity index (χ1v) is 15.4. The summed E-state index contributed by atoms with van der Waals surface area (Å²) in [7, 11) is 0. The van der Waals surface area contributed by atoms with Crippen LogP contribution < -0.4 is 0 Å². The Morgan fingerprint density at radius 1 is 0.382 bits per heavy atom. The molecule has 0 spiro atoms. The highest BCUT2D eigenvalue weighted by Crippen LogP contribution is 2.24. The smallest absolute Gasteiger partial charge is 0.0181 e. The maximum absolute atomic E-state index is 2.51. The van der Waals surface area contributed by atoms with Crippen molar-refractivity contribution < 1.29 is 0 Å². The van der Waals surface area contributed by atoms with Gasteiger partial charge >= 0.3 is 0 Å². The number of fused-ring (bicyclic) bond motifs is 1. The molecule has 0 bridgehead atoms. The summed E-state index contributed by atoms with van der Waals surface area (Å²) in [6.07, 6.45) is 31.0. The van der Waals surface area contributed by atoms with Gasteiger partial charge in [0.15, 0.2) is 0 Å². The summed E-state index contributed by atoms with van der Waals surface area (Å²) in [6, 6.07) is 14.0. The second-order valence-electron chi connectivity index (χ2n) is 10.8. The minimum absolute atomic E-state index is 1.27. The zero-order valence-electron chi connectivity index (χ0n) is 23.0. The average molecular weight is 465 g/mol. The number of benzene rings is 2. The van der Waals surface area contributed by atoms with Gasteiger partial charge in [0.25, 0.3) is 0 Å². The molecule has 0 saturated carbocycles. The molecule has 0 unspecified atom stereocenters. The maximum atomic E-state index is 2.51. The van der Waals surface area contributed by atoms with Gasteiger partial charge in [0.2, 0.25) is 0 Å². The van der Waals surface area contributed by atoms with Crippen LogP contribution in [0.5, 0.6) is 0 Å². The fraction of sp³-hybridized carbons (Fsp3) is 0.706. The lowest BCUT2D eigenvalue weighted by Gasteiger charge is -2.12. The van der Waals surface area contributed by atoms with Gasteiger partial charge in [-0.25, -0.2) is 0 Å². The van der Waals surface area contributed by atoms with Crippen molar-refractivity contribution in [2.45, 2.75) is 155 Å². The van der Waals surface area contributed by atoms with E-state index in [0.29, 0.717) is 0 Å². The Labute approximate surface area is 213 Å². The van der Waals surface area contributed by atoms with Crippen LogP contribution >= 0.6 is 0 Å². The van der Waals surface area contributed by atoms with Crippen molar-refractivity contribution in [1.29, 1.82) is 0 Å². The van der Waals surface area contributed by atoms with Crippen molar-refractivity contribution in [3.63, 3.8) is 0 Å². The van der Waals surface area contributed by atoms with Crippen LogP contribution in [0.25, 0.3) is 10.8 Å². The molecule has 0 radical (unpaired) electrons. The van der Waals surface area contributed by atoms with E-state index in [1.54, 1.807) is 11.1 Å². The van der Waals surface area contributed by atoms with Gasteiger partial charge in [0.1, 0.15) is 0 Å². The molecular weight excluding hydrogens is 408 g/mol. The first kappa shape index (κ1) is 28.9. The van der Waals surface area contributed by atoms with E-state index in [4.69, 9.17) is 0 Å². The van der Waals surface area contributed by atoms with Crippen LogP contribution in [0, 0.1) is 0 Å². The third-order valence-electron chi connectivity index (χ3n) is 7.67. The van der Waals surface area contributed by atoms with Crippen molar-refractivity contribution in [2.75, 3.05) is 0 Å². The Morgan fingerprint density at radius 2 is 0.676 bits per heavy atom. The van der Waals surface area contributed by atoms with E-state index in [1.807, 2.05) is 0 Å². The normalized spacial score (nSPS) is 11.5. The van der Waals surface area contributed by atoms with Crippen molar-refractivity contribution >= 4 is 10.8 Å². The van der Waals surface area contributed by atoms with Crippen molar-refractivity contribution in [1.82, 2.24) is 0 Å². The molecule has 2 aromatic rings. The van der Waals surface area contributed by atoms with E-state index < -0.39 is 0 Å². The van der Waals surface area contributed by atoms with Crippen LogP contribution in [0.4, 0.5) is 0 Å². The van der Waals surface area contributed by atoms with E-state index in [2.05, 4.69) is 50.2 Å². The van der Waals surface area contributed by atoms with Gasteiger partial charge in [-0.1, -0.05) is 166 Å². The molecule has 192 valence electrons. The Kier molecular flexibility index (Phi) is 17.0. The molecule has 0 aliphatic carbocycles. The molecule has 0 fully saturated rings. The summed E-state index contributed by atoms with van der Waals surface area (Å²) in [5.41, 5.74) is 3.27. The number of hydrogen-bond donors (Lipinski definition) is 0. The molecule has 2 rings (SSSR count). The highest BCUT2D eigenvalue weighted by atomic mass is 14.1. The van der Waals surface area contributed by atoms with Crippen LogP contribution in [0.2, 0.25) is 0 Å². The molecular formula is C34H56. The largest absolute Gasteiger partial charge is 0.0654 e. The molecule has 0 heterocycles. The number of hydrogen-bond acceptors (Lipinski definition) is 0. The van der Waals surface area contributed by atoms with E-state index in [0.717, 1.165) is 0 Å². The van der Waals surface area contributed by atoms with E-state index in [-0.39, 0.29) is 0 Å². The summed E-state index contributed by atoms with van der Waals surface area (Å²) in [5, 5.41) is 2.85. The Hall–Kier alpha value is -1.30. The van der Waals surface area contributed by atoms with Gasteiger partial charge in [-0.2, -0.15) is 0 Å². The number of aryl methyl sites for hydroxylation is 2. The quantitative estimate of drug-likeness (QED) is 0.152. The zero-order chi connectivity index (χ0) is 24.1. The van der Waals surface area contributed by atoms with Crippen molar-refractivity contribution in [3.05, 3.63) is 47.5 Å². The lowest BCUT2D eigenvalue weighted by molar-refractivity contribution is 0.553. The van der Waals surface area contributed by atoms with Gasteiger partial charge in [-0.05, 0) is 47.6 Å². The summed E-state index contributed by atoms with van der Waals surface area (Å²) in [5.74, 6) is 0. The number of unbranched alkanes of at least 4 members (excludes halogenated alkanes) is 18. The second-order valence-corrected chi connectivity index (χ2v) is 10.8.